The summed E-state index contributed by atoms with van der Waals surface area (Å²) in [5.41, 5.74) is 4.54. The van der Waals surface area contributed by atoms with Gasteiger partial charge in [0.05, 0.1) is 14.9 Å². The average molecular weight is 336 g/mol. The molecular weight excluding hydrogens is 298 g/mol. The fourth-order valence-electron chi connectivity index (χ4n) is 1.14. The molecule has 126 valence electrons. The van der Waals surface area contributed by atoms with Gasteiger partial charge in [-0.25, -0.2) is 4.79 Å². The molecule has 0 saturated heterocycles. The topological polar surface area (TPSA) is 114 Å². The highest BCUT2D eigenvalue weighted by Gasteiger charge is 2.08. The zero-order valence-corrected chi connectivity index (χ0v) is 11.5. The molecule has 1 aromatic carbocycles. The summed E-state index contributed by atoms with van der Waals surface area (Å²) in [5.74, 6) is -5.17. The normalized spacial score (nSPS) is 23.9. The van der Waals surface area contributed by atoms with E-state index in [1.54, 1.807) is 0 Å². The van der Waals surface area contributed by atoms with E-state index in [-0.39, 0.29) is 0 Å². The minimum atomic E-state index is -4.10. The lowest BCUT2D eigenvalue weighted by Crippen LogP contribution is -2.30. The Kier molecular flexibility index (Phi) is 2.73. The van der Waals surface area contributed by atoms with Crippen molar-refractivity contribution in [2.75, 3.05) is 13.1 Å². The first-order chi connectivity index (χ1) is 16.7. The van der Waals surface area contributed by atoms with E-state index in [2.05, 4.69) is 4.74 Å². The van der Waals surface area contributed by atoms with Crippen LogP contribution in [0.4, 0.5) is 0 Å². The number of hydrogen-bond donors (Lipinski definition) is 3. The van der Waals surface area contributed by atoms with Crippen LogP contribution in [0.5, 0.6) is 5.75 Å². The monoisotopic (exact) mass is 336 g/mol. The second-order valence-corrected chi connectivity index (χ2v) is 3.57. The molecule has 7 heteroatoms. The molecule has 0 aromatic heterocycles. The highest BCUT2D eigenvalue weighted by atomic mass is 16.5. The highest BCUT2D eigenvalue weighted by molar-refractivity contribution is 5.89. The van der Waals surface area contributed by atoms with Crippen LogP contribution in [0.1, 0.15) is 63.3 Å². The van der Waals surface area contributed by atoms with Crippen molar-refractivity contribution in [1.29, 1.82) is 5.41 Å². The minimum absolute atomic E-state index is 0.416. The Morgan fingerprint density at radius 2 is 2.04 bits per heavy atom. The van der Waals surface area contributed by atoms with E-state index in [1.807, 2.05) is 0 Å². The number of benzene rings is 1. The summed E-state index contributed by atoms with van der Waals surface area (Å²) in [5, 5.41) is 8.52. The predicted molar refractivity (Wildman–Crippen MR) is 86.4 cm³/mol. The summed E-state index contributed by atoms with van der Waals surface area (Å²) < 4.78 is 123. The van der Waals surface area contributed by atoms with Gasteiger partial charge in [-0.15, -0.1) is 0 Å². The van der Waals surface area contributed by atoms with Gasteiger partial charge in [0, 0.05) is 30.7 Å². The molecule has 7 nitrogen and oxygen atoms in total. The first-order valence-electron chi connectivity index (χ1n) is 13.3. The van der Waals surface area contributed by atoms with Crippen LogP contribution in [0.3, 0.4) is 0 Å². The van der Waals surface area contributed by atoms with E-state index >= 15 is 0 Å². The van der Waals surface area contributed by atoms with Crippen LogP contribution in [0.15, 0.2) is 24.3 Å². The summed E-state index contributed by atoms with van der Waals surface area (Å²) in [7, 11) is 0. The van der Waals surface area contributed by atoms with Crippen molar-refractivity contribution in [3.05, 3.63) is 29.8 Å². The fraction of sp³-hybridized carbons (Fsp3) is 0.438. The summed E-state index contributed by atoms with van der Waals surface area (Å²) in [4.78, 5) is 24.5. The van der Waals surface area contributed by atoms with Gasteiger partial charge >= 0.3 is 11.9 Å². The molecule has 1 rings (SSSR count). The number of guanidine groups is 1. The predicted octanol–water partition coefficient (Wildman–Crippen LogP) is 1.81. The number of nitrogens with one attached hydrogen (secondary N) is 2. The van der Waals surface area contributed by atoms with Crippen molar-refractivity contribution in [3.8, 4) is 5.75 Å². The van der Waals surface area contributed by atoms with Crippen molar-refractivity contribution >= 4 is 17.9 Å². The molecule has 0 aliphatic heterocycles. The van der Waals surface area contributed by atoms with Crippen LogP contribution in [0, 0.1) is 5.41 Å². The standard InChI is InChI=1S/C16H23N3O4/c1-2-22-15(21)12-7-9-13(10-8-12)23-14(20)6-4-3-5-11-19-16(17)18/h7-10H,2-6,11H2,1H3,(H4,17,18,19)/i1D3,2D2,3D2,4D2,5D2,6D2,11D2. The number of nitrogens with two attached hydrogens (primary N) is 1. The van der Waals surface area contributed by atoms with Crippen molar-refractivity contribution < 1.29 is 39.6 Å². The van der Waals surface area contributed by atoms with Gasteiger partial charge in [-0.05, 0) is 43.9 Å². The molecule has 0 radical (unpaired) electrons. The smallest absolute Gasteiger partial charge is 0.338 e. The number of esters is 2. The van der Waals surface area contributed by atoms with Crippen LogP contribution in [0.2, 0.25) is 0 Å². The zero-order valence-electron chi connectivity index (χ0n) is 26.5. The first-order valence-corrected chi connectivity index (χ1v) is 5.83. The van der Waals surface area contributed by atoms with E-state index < -0.39 is 74.6 Å². The van der Waals surface area contributed by atoms with Gasteiger partial charge in [0.1, 0.15) is 5.75 Å². The van der Waals surface area contributed by atoms with Crippen LogP contribution < -0.4 is 15.8 Å². The molecule has 1 aromatic rings. The third-order valence-corrected chi connectivity index (χ3v) is 1.99. The maximum atomic E-state index is 12.5. The maximum absolute atomic E-state index is 12.5. The van der Waals surface area contributed by atoms with Crippen molar-refractivity contribution in [3.63, 3.8) is 0 Å². The molecule has 4 N–H and O–H groups in total. The van der Waals surface area contributed by atoms with Gasteiger partial charge in [-0.2, -0.15) is 0 Å². The van der Waals surface area contributed by atoms with E-state index in [9.17, 15) is 9.59 Å². The lowest BCUT2D eigenvalue weighted by atomic mass is 10.2. The number of hydrogen-bond acceptors (Lipinski definition) is 5. The third-order valence-electron chi connectivity index (χ3n) is 1.99. The average Bonchev–Trinajstić information content (AvgIpc) is 2.71. The lowest BCUT2D eigenvalue weighted by Gasteiger charge is -2.06. The van der Waals surface area contributed by atoms with E-state index in [0.29, 0.717) is 0 Å². The van der Waals surface area contributed by atoms with Crippen LogP contribution in [0.25, 0.3) is 0 Å². The number of rotatable bonds is 9. The Bertz CT molecular complexity index is 1070. The Morgan fingerprint density at radius 1 is 1.30 bits per heavy atom. The second kappa shape index (κ2) is 10.2. The fourth-order valence-corrected chi connectivity index (χ4v) is 1.14. The van der Waals surface area contributed by atoms with Crippen molar-refractivity contribution in [2.24, 2.45) is 5.73 Å². The molecule has 0 saturated carbocycles. The maximum Gasteiger partial charge on any atom is 0.338 e. The minimum Gasteiger partial charge on any atom is -0.462 e. The molecule has 0 heterocycles. The van der Waals surface area contributed by atoms with E-state index in [4.69, 9.17) is 36.4 Å². The Balaban J connectivity index is 3.20. The van der Waals surface area contributed by atoms with Gasteiger partial charge < -0.3 is 20.5 Å². The number of ether oxygens (including phenoxy) is 2. The quantitative estimate of drug-likeness (QED) is 0.274. The Labute approximate surface area is 156 Å². The molecule has 0 fully saturated rings. The van der Waals surface area contributed by atoms with Crippen LogP contribution >= 0.6 is 0 Å². The lowest BCUT2D eigenvalue weighted by molar-refractivity contribution is -0.134. The first kappa shape index (κ1) is 6.14. The van der Waals surface area contributed by atoms with E-state index in [1.165, 1.54) is 5.32 Å². The molecular formula is C16H23N3O4. The number of carbonyl (C=O) groups is 2. The Morgan fingerprint density at radius 3 is 2.70 bits per heavy atom. The van der Waals surface area contributed by atoms with Gasteiger partial charge in [0.15, 0.2) is 5.96 Å². The molecule has 0 atom stereocenters. The molecule has 0 amide bonds. The molecule has 0 unspecified atom stereocenters. The summed E-state index contributed by atoms with van der Waals surface area (Å²) >= 11 is 0. The van der Waals surface area contributed by atoms with Crippen molar-refractivity contribution in [2.45, 2.75) is 32.3 Å². The SMILES string of the molecule is [2H]C([2H])([2H])C([2H])([2H])OC(=O)c1ccc(OC(=O)C([2H])([2H])C([2H])([2H])C([2H])([2H])C([2H])([2H])C([2H])([2H])NC(=N)N)cc1. The Hall–Kier alpha value is -2.57. The van der Waals surface area contributed by atoms with Gasteiger partial charge in [0.2, 0.25) is 0 Å². The second-order valence-electron chi connectivity index (χ2n) is 3.57. The molecule has 23 heavy (non-hydrogen) atoms. The summed E-state index contributed by atoms with van der Waals surface area (Å²) in [6.45, 7) is -10.2. The summed E-state index contributed by atoms with van der Waals surface area (Å²) in [6.07, 6.45) is -16.1. The molecule has 0 aliphatic rings. The van der Waals surface area contributed by atoms with Crippen LogP contribution in [-0.2, 0) is 9.53 Å². The van der Waals surface area contributed by atoms with Gasteiger partial charge in [-0.3, -0.25) is 10.2 Å². The molecule has 0 spiro atoms. The van der Waals surface area contributed by atoms with E-state index in [0.717, 1.165) is 24.3 Å². The molecule has 0 aliphatic carbocycles. The molecule has 0 bridgehead atoms. The number of carbonyl (C=O) groups excluding carboxylic acids is 2. The van der Waals surface area contributed by atoms with Crippen LogP contribution in [-0.4, -0.2) is 31.0 Å². The largest absolute Gasteiger partial charge is 0.462 e. The highest BCUT2D eigenvalue weighted by Crippen LogP contribution is 2.14. The van der Waals surface area contributed by atoms with Gasteiger partial charge in [0.25, 0.3) is 0 Å². The van der Waals surface area contributed by atoms with Gasteiger partial charge in [-0.1, -0.05) is 6.37 Å². The zero-order chi connectivity index (χ0) is 30.3. The van der Waals surface area contributed by atoms with Crippen molar-refractivity contribution in [1.82, 2.24) is 5.32 Å². The summed E-state index contributed by atoms with van der Waals surface area (Å²) in [6, 6.07) is 3.41. The third kappa shape index (κ3) is 7.85.